The number of hydrogen-bond acceptors (Lipinski definition) is 6. The van der Waals surface area contributed by atoms with Crippen LogP contribution in [-0.2, 0) is 16.2 Å². The van der Waals surface area contributed by atoms with Gasteiger partial charge in [-0.25, -0.2) is 9.78 Å². The molecule has 1 fully saturated rings. The van der Waals surface area contributed by atoms with E-state index in [1.54, 1.807) is 6.92 Å². The van der Waals surface area contributed by atoms with Crippen LogP contribution >= 0.6 is 0 Å². The fraction of sp³-hybridized carbons (Fsp3) is 0.407. The predicted molar refractivity (Wildman–Crippen MR) is 128 cm³/mol. The van der Waals surface area contributed by atoms with Gasteiger partial charge in [-0.2, -0.15) is 5.06 Å². The first kappa shape index (κ1) is 24.0. The number of carboxylic acid groups (broad SMARTS) is 1. The molecule has 0 bridgehead atoms. The molecule has 4 rings (SSSR count). The fourth-order valence-electron chi connectivity index (χ4n) is 4.17. The van der Waals surface area contributed by atoms with Crippen LogP contribution in [0.1, 0.15) is 60.9 Å². The number of aromatic nitrogens is 1. The Morgan fingerprint density at radius 3 is 2.50 bits per heavy atom. The summed E-state index contributed by atoms with van der Waals surface area (Å²) in [6.45, 7) is 10.2. The van der Waals surface area contributed by atoms with Crippen LogP contribution in [0.3, 0.4) is 0 Å². The molecule has 1 aliphatic rings. The van der Waals surface area contributed by atoms with Gasteiger partial charge >= 0.3 is 5.97 Å². The number of ether oxygens (including phenoxy) is 1. The Balaban J connectivity index is 1.42. The van der Waals surface area contributed by atoms with Crippen molar-refractivity contribution in [3.63, 3.8) is 0 Å². The number of carbonyl (C=O) groups is 1. The number of benzene rings is 2. The second-order valence-corrected chi connectivity index (χ2v) is 8.82. The van der Waals surface area contributed by atoms with Gasteiger partial charge in [-0.05, 0) is 62.9 Å². The Labute approximate surface area is 200 Å². The third-order valence-electron chi connectivity index (χ3n) is 6.29. The van der Waals surface area contributed by atoms with Crippen molar-refractivity contribution in [1.29, 1.82) is 0 Å². The number of nitrogens with zero attached hydrogens (tertiary/aromatic N) is 2. The van der Waals surface area contributed by atoms with Crippen molar-refractivity contribution in [1.82, 2.24) is 10.0 Å². The summed E-state index contributed by atoms with van der Waals surface area (Å²) in [6.07, 6.45) is 0.515. The molecule has 7 nitrogen and oxygen atoms in total. The Kier molecular flexibility index (Phi) is 7.05. The molecule has 2 aromatic carbocycles. The van der Waals surface area contributed by atoms with Gasteiger partial charge in [-0.15, -0.1) is 0 Å². The van der Waals surface area contributed by atoms with E-state index in [1.807, 2.05) is 55.3 Å². The molecule has 1 aromatic heterocycles. The van der Waals surface area contributed by atoms with Crippen molar-refractivity contribution in [3.05, 3.63) is 70.6 Å². The molecule has 1 saturated heterocycles. The number of oxazole rings is 1. The standard InChI is InChI=1S/C27H32N2O5/c1-6-22-25(20-12-13-24(17(4)14-20)34-23(7-2)27(30)31)29(22)32-15-21-18(5)33-26(28-21)19-10-8-16(3)9-11-19/h8-14,22-23,25H,6-7,15H2,1-5H3,(H,30,31). The van der Waals surface area contributed by atoms with Crippen LogP contribution in [0, 0.1) is 20.8 Å². The maximum Gasteiger partial charge on any atom is 0.344 e. The third kappa shape index (κ3) is 5.00. The number of rotatable bonds is 10. The zero-order valence-corrected chi connectivity index (χ0v) is 20.4. The average Bonchev–Trinajstić information content (AvgIpc) is 3.40. The molecule has 34 heavy (non-hydrogen) atoms. The molecule has 7 heteroatoms. The van der Waals surface area contributed by atoms with Gasteiger partial charge in [0.05, 0.1) is 12.1 Å². The molecule has 0 amide bonds. The minimum Gasteiger partial charge on any atom is -0.479 e. The van der Waals surface area contributed by atoms with Crippen LogP contribution in [-0.4, -0.2) is 33.3 Å². The summed E-state index contributed by atoms with van der Waals surface area (Å²) in [5.41, 5.74) is 4.96. The molecule has 0 radical (unpaired) electrons. The average molecular weight is 465 g/mol. The van der Waals surface area contributed by atoms with Crippen molar-refractivity contribution in [3.8, 4) is 17.2 Å². The lowest BCUT2D eigenvalue weighted by atomic mass is 10.1. The highest BCUT2D eigenvalue weighted by Gasteiger charge is 2.49. The Bertz CT molecular complexity index is 1150. The maximum atomic E-state index is 11.3. The Morgan fingerprint density at radius 1 is 1.15 bits per heavy atom. The lowest BCUT2D eigenvalue weighted by Crippen LogP contribution is -2.26. The second kappa shape index (κ2) is 9.99. The highest BCUT2D eigenvalue weighted by molar-refractivity contribution is 5.72. The normalized spacial score (nSPS) is 20.2. The first-order chi connectivity index (χ1) is 16.3. The minimum atomic E-state index is -0.951. The third-order valence-corrected chi connectivity index (χ3v) is 6.29. The number of aryl methyl sites for hydroxylation is 3. The highest BCUT2D eigenvalue weighted by Crippen LogP contribution is 2.46. The number of hydroxylamine groups is 2. The van der Waals surface area contributed by atoms with Gasteiger partial charge in [0.2, 0.25) is 5.89 Å². The number of aliphatic carboxylic acids is 1. The summed E-state index contributed by atoms with van der Waals surface area (Å²) < 4.78 is 11.6. The van der Waals surface area contributed by atoms with E-state index in [1.165, 1.54) is 5.56 Å². The Hall–Kier alpha value is -3.16. The van der Waals surface area contributed by atoms with E-state index in [2.05, 4.69) is 24.9 Å². The van der Waals surface area contributed by atoms with E-state index in [0.717, 1.165) is 34.6 Å². The van der Waals surface area contributed by atoms with Gasteiger partial charge in [-0.3, -0.25) is 4.84 Å². The van der Waals surface area contributed by atoms with Crippen LogP contribution in [0.4, 0.5) is 0 Å². The van der Waals surface area contributed by atoms with E-state index < -0.39 is 12.1 Å². The zero-order valence-electron chi connectivity index (χ0n) is 20.4. The summed E-state index contributed by atoms with van der Waals surface area (Å²) in [6, 6.07) is 14.4. The van der Waals surface area contributed by atoms with Gasteiger partial charge in [0.1, 0.15) is 23.8 Å². The predicted octanol–water partition coefficient (Wildman–Crippen LogP) is 5.78. The second-order valence-electron chi connectivity index (χ2n) is 8.82. The quantitative estimate of drug-likeness (QED) is 0.381. The molecule has 3 aromatic rings. The molecular weight excluding hydrogens is 432 g/mol. The molecule has 0 aliphatic carbocycles. The van der Waals surface area contributed by atoms with Gasteiger partial charge in [0.15, 0.2) is 6.10 Å². The van der Waals surface area contributed by atoms with Gasteiger partial charge in [0, 0.05) is 5.56 Å². The summed E-state index contributed by atoms with van der Waals surface area (Å²) in [7, 11) is 0. The molecular formula is C27H32N2O5. The summed E-state index contributed by atoms with van der Waals surface area (Å²) >= 11 is 0. The largest absolute Gasteiger partial charge is 0.479 e. The summed E-state index contributed by atoms with van der Waals surface area (Å²) in [5.74, 6) is 1.00. The molecule has 1 aliphatic heterocycles. The molecule has 1 N–H and O–H groups in total. The van der Waals surface area contributed by atoms with Gasteiger partial charge in [0.25, 0.3) is 0 Å². The van der Waals surface area contributed by atoms with Crippen LogP contribution in [0.5, 0.6) is 5.75 Å². The van der Waals surface area contributed by atoms with E-state index in [4.69, 9.17) is 14.0 Å². The van der Waals surface area contributed by atoms with Crippen LogP contribution in [0.2, 0.25) is 0 Å². The van der Waals surface area contributed by atoms with Crippen LogP contribution in [0.15, 0.2) is 46.9 Å². The van der Waals surface area contributed by atoms with Crippen molar-refractivity contribution >= 4 is 5.97 Å². The lowest BCUT2D eigenvalue weighted by molar-refractivity contribution is -0.145. The van der Waals surface area contributed by atoms with E-state index >= 15 is 0 Å². The highest BCUT2D eigenvalue weighted by atomic mass is 16.7. The SMILES string of the molecule is CCC(Oc1ccc(C2C(CC)N2OCc2nc(-c3ccc(C)cc3)oc2C)cc1C)C(=O)O. The molecule has 2 heterocycles. The zero-order chi connectivity index (χ0) is 24.4. The molecule has 4 atom stereocenters. The molecule has 0 spiro atoms. The fourth-order valence-corrected chi connectivity index (χ4v) is 4.17. The summed E-state index contributed by atoms with van der Waals surface area (Å²) in [5, 5.41) is 11.3. The molecule has 0 saturated carbocycles. The number of carboxylic acids is 1. The van der Waals surface area contributed by atoms with Gasteiger partial charge in [-0.1, -0.05) is 43.7 Å². The topological polar surface area (TPSA) is 84.8 Å². The lowest BCUT2D eigenvalue weighted by Gasteiger charge is -2.15. The van der Waals surface area contributed by atoms with Crippen LogP contribution < -0.4 is 4.74 Å². The van der Waals surface area contributed by atoms with Crippen molar-refractivity contribution < 1.29 is 23.9 Å². The van der Waals surface area contributed by atoms with Crippen LogP contribution in [0.25, 0.3) is 11.5 Å². The smallest absolute Gasteiger partial charge is 0.344 e. The molecule has 180 valence electrons. The van der Waals surface area contributed by atoms with E-state index in [9.17, 15) is 9.90 Å². The number of hydrogen-bond donors (Lipinski definition) is 1. The molecule has 4 unspecified atom stereocenters. The van der Waals surface area contributed by atoms with E-state index in [0.29, 0.717) is 24.7 Å². The van der Waals surface area contributed by atoms with Crippen molar-refractivity contribution in [2.45, 2.75) is 72.3 Å². The maximum absolute atomic E-state index is 11.3. The van der Waals surface area contributed by atoms with E-state index in [-0.39, 0.29) is 12.1 Å². The van der Waals surface area contributed by atoms with Gasteiger partial charge < -0.3 is 14.3 Å². The monoisotopic (exact) mass is 464 g/mol. The Morgan fingerprint density at radius 2 is 1.88 bits per heavy atom. The summed E-state index contributed by atoms with van der Waals surface area (Å²) in [4.78, 5) is 22.1. The first-order valence-corrected chi connectivity index (χ1v) is 11.8. The van der Waals surface area contributed by atoms with Crippen molar-refractivity contribution in [2.75, 3.05) is 0 Å². The first-order valence-electron chi connectivity index (χ1n) is 11.8. The van der Waals surface area contributed by atoms with Crippen molar-refractivity contribution in [2.24, 2.45) is 0 Å². The minimum absolute atomic E-state index is 0.142.